The Kier molecular flexibility index (Phi) is 4.04. The molecule has 2 aromatic carbocycles. The van der Waals surface area contributed by atoms with Gasteiger partial charge in [-0.25, -0.2) is 0 Å². The molecule has 0 aliphatic carbocycles. The number of tetrazole rings is 1. The average Bonchev–Trinajstić information content (AvgIpc) is 3.16. The van der Waals surface area contributed by atoms with E-state index in [2.05, 4.69) is 58.1 Å². The zero-order valence-electron chi connectivity index (χ0n) is 14.8. The van der Waals surface area contributed by atoms with Gasteiger partial charge in [-0.05, 0) is 47.2 Å². The number of rotatable bonds is 4. The minimum atomic E-state index is -0.0926. The Morgan fingerprint density at radius 1 is 1.00 bits per heavy atom. The first-order valence-corrected chi connectivity index (χ1v) is 8.25. The third-order valence-corrected chi connectivity index (χ3v) is 4.44. The quantitative estimate of drug-likeness (QED) is 0.780. The number of aromatic nitrogens is 4. The van der Waals surface area contributed by atoms with Crippen LogP contribution in [0, 0.1) is 6.92 Å². The van der Waals surface area contributed by atoms with Gasteiger partial charge in [-0.15, -0.1) is 0 Å². The Morgan fingerprint density at radius 3 is 2.50 bits per heavy atom. The van der Waals surface area contributed by atoms with Crippen molar-refractivity contribution in [3.63, 3.8) is 0 Å². The second-order valence-electron chi connectivity index (χ2n) is 6.08. The summed E-state index contributed by atoms with van der Waals surface area (Å²) in [6.07, 6.45) is 2.11. The molecule has 0 bridgehead atoms. The predicted octanol–water partition coefficient (Wildman–Crippen LogP) is 3.05. The lowest BCUT2D eigenvalue weighted by Gasteiger charge is -2.24. The molecule has 1 N–H and O–H groups in total. The van der Waals surface area contributed by atoms with E-state index in [1.165, 1.54) is 5.56 Å². The number of fused-ring (bicyclic) bond motifs is 1. The fourth-order valence-electron chi connectivity index (χ4n) is 3.03. The van der Waals surface area contributed by atoms with Crippen molar-refractivity contribution in [2.24, 2.45) is 0 Å². The minimum absolute atomic E-state index is 0.0926. The molecule has 1 aliphatic rings. The minimum Gasteiger partial charge on any atom is -0.493 e. The summed E-state index contributed by atoms with van der Waals surface area (Å²) in [5.41, 5.74) is 4.21. The monoisotopic (exact) mass is 349 g/mol. The molecule has 7 heteroatoms. The highest BCUT2D eigenvalue weighted by molar-refractivity contribution is 5.78. The van der Waals surface area contributed by atoms with Crippen molar-refractivity contribution in [1.29, 1.82) is 0 Å². The number of nitrogens with zero attached hydrogens (tertiary/aromatic N) is 4. The van der Waals surface area contributed by atoms with E-state index in [4.69, 9.17) is 9.47 Å². The van der Waals surface area contributed by atoms with Crippen molar-refractivity contribution in [1.82, 2.24) is 20.2 Å². The Hall–Kier alpha value is -3.35. The van der Waals surface area contributed by atoms with Crippen LogP contribution in [-0.4, -0.2) is 34.4 Å². The van der Waals surface area contributed by atoms with Crippen LogP contribution in [-0.2, 0) is 0 Å². The number of nitrogens with one attached hydrogen (secondary N) is 1. The van der Waals surface area contributed by atoms with Gasteiger partial charge < -0.3 is 14.8 Å². The molecule has 0 spiro atoms. The molecule has 0 amide bonds. The molecule has 0 radical (unpaired) electrons. The fraction of sp³-hybridized carbons (Fsp3) is 0.211. The molecule has 0 saturated heterocycles. The van der Waals surface area contributed by atoms with Crippen LogP contribution < -0.4 is 14.8 Å². The molecule has 2 heterocycles. The summed E-state index contributed by atoms with van der Waals surface area (Å²) in [5, 5.41) is 15.3. The van der Waals surface area contributed by atoms with Crippen LogP contribution in [0.5, 0.6) is 11.5 Å². The number of methoxy groups -OCH3 is 2. The van der Waals surface area contributed by atoms with Crippen molar-refractivity contribution in [2.45, 2.75) is 13.0 Å². The summed E-state index contributed by atoms with van der Waals surface area (Å²) < 4.78 is 12.5. The molecule has 1 unspecified atom stereocenters. The zero-order valence-corrected chi connectivity index (χ0v) is 14.8. The zero-order chi connectivity index (χ0) is 18.1. The van der Waals surface area contributed by atoms with Gasteiger partial charge in [0.1, 0.15) is 6.04 Å². The number of aryl methyl sites for hydroxylation is 1. The first-order chi connectivity index (χ1) is 12.7. The van der Waals surface area contributed by atoms with Gasteiger partial charge in [0.15, 0.2) is 11.5 Å². The number of allylic oxidation sites excluding steroid dienone is 1. The van der Waals surface area contributed by atoms with Crippen molar-refractivity contribution < 1.29 is 9.47 Å². The number of ether oxygens (including phenoxy) is 2. The van der Waals surface area contributed by atoms with E-state index in [0.717, 1.165) is 16.8 Å². The molecular weight excluding hydrogens is 330 g/mol. The van der Waals surface area contributed by atoms with Gasteiger partial charge in [-0.3, -0.25) is 0 Å². The molecule has 7 nitrogen and oxygen atoms in total. The molecule has 132 valence electrons. The summed E-state index contributed by atoms with van der Waals surface area (Å²) in [5.74, 6) is 1.96. The van der Waals surface area contributed by atoms with Gasteiger partial charge in [0.25, 0.3) is 0 Å². The van der Waals surface area contributed by atoms with E-state index < -0.39 is 0 Å². The molecule has 4 rings (SSSR count). The lowest BCUT2D eigenvalue weighted by molar-refractivity contribution is 0.355. The highest BCUT2D eigenvalue weighted by Crippen LogP contribution is 2.35. The maximum atomic E-state index is 5.42. The van der Waals surface area contributed by atoms with Crippen LogP contribution in [0.2, 0.25) is 0 Å². The number of hydrogen-bond acceptors (Lipinski definition) is 6. The summed E-state index contributed by atoms with van der Waals surface area (Å²) in [6.45, 7) is 2.07. The third-order valence-electron chi connectivity index (χ3n) is 4.44. The molecule has 1 aromatic heterocycles. The maximum absolute atomic E-state index is 5.42. The smallest absolute Gasteiger partial charge is 0.248 e. The van der Waals surface area contributed by atoms with E-state index in [0.29, 0.717) is 17.4 Å². The lowest BCUT2D eigenvalue weighted by Crippen LogP contribution is -2.20. The van der Waals surface area contributed by atoms with Gasteiger partial charge >= 0.3 is 0 Å². The van der Waals surface area contributed by atoms with Crippen molar-refractivity contribution in [2.75, 3.05) is 19.5 Å². The second-order valence-corrected chi connectivity index (χ2v) is 6.08. The lowest BCUT2D eigenvalue weighted by atomic mass is 10.0. The maximum Gasteiger partial charge on any atom is 0.248 e. The first kappa shape index (κ1) is 16.1. The Balaban J connectivity index is 1.78. The molecule has 0 fully saturated rings. The molecular formula is C19H19N5O2. The topological polar surface area (TPSA) is 74.1 Å². The van der Waals surface area contributed by atoms with Gasteiger partial charge in [0, 0.05) is 11.3 Å². The summed E-state index contributed by atoms with van der Waals surface area (Å²) >= 11 is 0. The number of anilines is 1. The van der Waals surface area contributed by atoms with Gasteiger partial charge in [0.05, 0.1) is 14.2 Å². The van der Waals surface area contributed by atoms with E-state index >= 15 is 0 Å². The highest BCUT2D eigenvalue weighted by Gasteiger charge is 2.24. The molecule has 1 atom stereocenters. The van der Waals surface area contributed by atoms with Gasteiger partial charge in [-0.1, -0.05) is 34.9 Å². The fourth-order valence-corrected chi connectivity index (χ4v) is 3.03. The first-order valence-electron chi connectivity index (χ1n) is 8.25. The summed E-state index contributed by atoms with van der Waals surface area (Å²) in [7, 11) is 3.25. The van der Waals surface area contributed by atoms with Crippen LogP contribution in [0.1, 0.15) is 22.7 Å². The standard InChI is InChI=1S/C19H19N5O2/c1-12-4-6-13(7-5-12)16-11-15(20-19-21-22-23-24(16)19)14-8-9-17(25-2)18(10-14)26-3/h4-11,16H,1-3H3,(H,20,21,23). The van der Waals surface area contributed by atoms with Gasteiger partial charge in [-0.2, -0.15) is 4.68 Å². The van der Waals surface area contributed by atoms with E-state index in [9.17, 15) is 0 Å². The van der Waals surface area contributed by atoms with E-state index in [1.54, 1.807) is 18.9 Å². The summed E-state index contributed by atoms with van der Waals surface area (Å²) in [6, 6.07) is 14.1. The molecule has 26 heavy (non-hydrogen) atoms. The normalized spacial score (nSPS) is 15.7. The summed E-state index contributed by atoms with van der Waals surface area (Å²) in [4.78, 5) is 0. The number of benzene rings is 2. The second kappa shape index (κ2) is 6.51. The van der Waals surface area contributed by atoms with Crippen LogP contribution in [0.4, 0.5) is 5.95 Å². The van der Waals surface area contributed by atoms with Gasteiger partial charge in [0.2, 0.25) is 5.95 Å². The predicted molar refractivity (Wildman–Crippen MR) is 98.3 cm³/mol. The van der Waals surface area contributed by atoms with Crippen molar-refractivity contribution in [3.8, 4) is 11.5 Å². The van der Waals surface area contributed by atoms with Crippen LogP contribution in [0.15, 0.2) is 48.5 Å². The Labute approximate surface area is 151 Å². The Morgan fingerprint density at radius 2 is 1.77 bits per heavy atom. The van der Waals surface area contributed by atoms with Crippen molar-refractivity contribution >= 4 is 11.6 Å². The number of hydrogen-bond donors (Lipinski definition) is 1. The molecule has 3 aromatic rings. The third kappa shape index (κ3) is 2.77. The van der Waals surface area contributed by atoms with Crippen molar-refractivity contribution in [3.05, 3.63) is 65.2 Å². The highest BCUT2D eigenvalue weighted by atomic mass is 16.5. The SMILES string of the molecule is COc1ccc(C2=CC(c3ccc(C)cc3)n3nnnc3N2)cc1OC. The van der Waals surface area contributed by atoms with Crippen LogP contribution in [0.25, 0.3) is 5.70 Å². The molecule has 1 aliphatic heterocycles. The molecule has 0 saturated carbocycles. The largest absolute Gasteiger partial charge is 0.493 e. The Bertz CT molecular complexity index is 962. The average molecular weight is 349 g/mol. The van der Waals surface area contributed by atoms with Crippen LogP contribution in [0.3, 0.4) is 0 Å². The van der Waals surface area contributed by atoms with E-state index in [-0.39, 0.29) is 6.04 Å². The van der Waals surface area contributed by atoms with Crippen LogP contribution >= 0.6 is 0 Å². The van der Waals surface area contributed by atoms with E-state index in [1.807, 2.05) is 18.2 Å².